The van der Waals surface area contributed by atoms with Gasteiger partial charge >= 0.3 is 0 Å². The predicted molar refractivity (Wildman–Crippen MR) is 58.6 cm³/mol. The molecule has 0 aliphatic heterocycles. The lowest BCUT2D eigenvalue weighted by Gasteiger charge is -1.95. The number of phenols is 1. The second-order valence-corrected chi connectivity index (χ2v) is 3.90. The summed E-state index contributed by atoms with van der Waals surface area (Å²) in [5.41, 5.74) is 2.19. The Balaban J connectivity index is 2.34. The fourth-order valence-electron chi connectivity index (χ4n) is 1.21. The van der Waals surface area contributed by atoms with E-state index in [-0.39, 0.29) is 0 Å². The predicted octanol–water partition coefficient (Wildman–Crippen LogP) is 3.08. The third kappa shape index (κ3) is 1.77. The van der Waals surface area contributed by atoms with E-state index in [1.54, 1.807) is 23.5 Å². The number of aromatic hydroxyl groups is 1. The highest BCUT2D eigenvalue weighted by Gasteiger charge is 2.02. The molecule has 1 N–H and O–H groups in total. The fourth-order valence-corrected chi connectivity index (χ4v) is 2.12. The molecule has 1 heterocycles. The fraction of sp³-hybridized carbons (Fsp3) is 0.182. The average Bonchev–Trinajstić information content (AvgIpc) is 2.67. The van der Waals surface area contributed by atoms with E-state index in [0.717, 1.165) is 22.7 Å². The highest BCUT2D eigenvalue weighted by Crippen LogP contribution is 2.25. The van der Waals surface area contributed by atoms with E-state index in [4.69, 9.17) is 5.11 Å². The number of rotatable bonds is 2. The standard InChI is InChI=1S/C11H11NOS/c1-2-9-7-14-11(12-9)8-3-5-10(13)6-4-8/h3-7,13H,2H2,1H3. The van der Waals surface area contributed by atoms with Crippen molar-refractivity contribution >= 4 is 11.3 Å². The topological polar surface area (TPSA) is 33.1 Å². The Morgan fingerprint density at radius 1 is 1.29 bits per heavy atom. The normalized spacial score (nSPS) is 10.4. The molecule has 0 saturated heterocycles. The minimum absolute atomic E-state index is 0.293. The number of hydrogen-bond donors (Lipinski definition) is 1. The molecular formula is C11H11NOS. The van der Waals surface area contributed by atoms with Gasteiger partial charge in [0.25, 0.3) is 0 Å². The lowest BCUT2D eigenvalue weighted by molar-refractivity contribution is 0.475. The molecule has 2 aromatic rings. The summed E-state index contributed by atoms with van der Waals surface area (Å²) in [5.74, 6) is 0.293. The van der Waals surface area contributed by atoms with Crippen molar-refractivity contribution in [1.82, 2.24) is 4.98 Å². The summed E-state index contributed by atoms with van der Waals surface area (Å²) in [6.45, 7) is 2.09. The molecule has 0 aliphatic carbocycles. The molecule has 0 aliphatic rings. The van der Waals surface area contributed by atoms with Gasteiger partial charge in [0.1, 0.15) is 10.8 Å². The number of aromatic nitrogens is 1. The van der Waals surface area contributed by atoms with Crippen LogP contribution < -0.4 is 0 Å². The van der Waals surface area contributed by atoms with Crippen molar-refractivity contribution in [1.29, 1.82) is 0 Å². The lowest BCUT2D eigenvalue weighted by atomic mass is 10.2. The van der Waals surface area contributed by atoms with Crippen molar-refractivity contribution in [3.8, 4) is 16.3 Å². The summed E-state index contributed by atoms with van der Waals surface area (Å²) in [5, 5.41) is 12.2. The summed E-state index contributed by atoms with van der Waals surface area (Å²) in [7, 11) is 0. The second-order valence-electron chi connectivity index (χ2n) is 3.04. The third-order valence-corrected chi connectivity index (χ3v) is 2.97. The minimum Gasteiger partial charge on any atom is -0.508 e. The van der Waals surface area contributed by atoms with Gasteiger partial charge < -0.3 is 5.11 Å². The molecule has 0 atom stereocenters. The van der Waals surface area contributed by atoms with Gasteiger partial charge in [0.05, 0.1) is 5.69 Å². The molecule has 2 nitrogen and oxygen atoms in total. The number of aryl methyl sites for hydroxylation is 1. The first-order valence-electron chi connectivity index (χ1n) is 4.53. The summed E-state index contributed by atoms with van der Waals surface area (Å²) < 4.78 is 0. The molecule has 0 unspecified atom stereocenters. The first kappa shape index (κ1) is 9.21. The number of hydrogen-bond acceptors (Lipinski definition) is 3. The summed E-state index contributed by atoms with van der Waals surface area (Å²) in [6.07, 6.45) is 0.967. The van der Waals surface area contributed by atoms with Gasteiger partial charge in [-0.3, -0.25) is 0 Å². The number of thiazole rings is 1. The maximum absolute atomic E-state index is 9.14. The van der Waals surface area contributed by atoms with Gasteiger partial charge in [-0.1, -0.05) is 6.92 Å². The zero-order chi connectivity index (χ0) is 9.97. The van der Waals surface area contributed by atoms with Gasteiger partial charge in [0.2, 0.25) is 0 Å². The Bertz CT molecular complexity index is 419. The van der Waals surface area contributed by atoms with Gasteiger partial charge in [-0.2, -0.15) is 0 Å². The second kappa shape index (κ2) is 3.80. The molecular weight excluding hydrogens is 194 g/mol. The first-order valence-corrected chi connectivity index (χ1v) is 5.41. The van der Waals surface area contributed by atoms with Gasteiger partial charge in [0.15, 0.2) is 0 Å². The van der Waals surface area contributed by atoms with Gasteiger partial charge in [-0.05, 0) is 30.7 Å². The molecule has 72 valence electrons. The molecule has 0 radical (unpaired) electrons. The molecule has 14 heavy (non-hydrogen) atoms. The molecule has 0 spiro atoms. The highest BCUT2D eigenvalue weighted by atomic mass is 32.1. The molecule has 0 bridgehead atoms. The monoisotopic (exact) mass is 205 g/mol. The number of phenolic OH excluding ortho intramolecular Hbond substituents is 1. The van der Waals surface area contributed by atoms with Crippen LogP contribution in [0, 0.1) is 0 Å². The Morgan fingerprint density at radius 3 is 2.57 bits per heavy atom. The smallest absolute Gasteiger partial charge is 0.123 e. The van der Waals surface area contributed by atoms with Crippen LogP contribution in [0.1, 0.15) is 12.6 Å². The SMILES string of the molecule is CCc1csc(-c2ccc(O)cc2)n1. The molecule has 2 rings (SSSR count). The molecule has 3 heteroatoms. The molecule has 1 aromatic heterocycles. The van der Waals surface area contributed by atoms with Gasteiger partial charge in [-0.15, -0.1) is 11.3 Å². The summed E-state index contributed by atoms with van der Waals surface area (Å²) in [6, 6.07) is 7.13. The van der Waals surface area contributed by atoms with E-state index < -0.39 is 0 Å². The van der Waals surface area contributed by atoms with Crippen LogP contribution in [0.25, 0.3) is 10.6 Å². The van der Waals surface area contributed by atoms with Crippen LogP contribution in [0.4, 0.5) is 0 Å². The maximum Gasteiger partial charge on any atom is 0.123 e. The van der Waals surface area contributed by atoms with Crippen molar-refractivity contribution in [3.63, 3.8) is 0 Å². The third-order valence-electron chi connectivity index (χ3n) is 2.03. The largest absolute Gasteiger partial charge is 0.508 e. The minimum atomic E-state index is 0.293. The van der Waals surface area contributed by atoms with Crippen molar-refractivity contribution in [2.45, 2.75) is 13.3 Å². The zero-order valence-corrected chi connectivity index (χ0v) is 8.71. The average molecular weight is 205 g/mol. The van der Waals surface area contributed by atoms with E-state index in [9.17, 15) is 0 Å². The van der Waals surface area contributed by atoms with Crippen LogP contribution in [0.5, 0.6) is 5.75 Å². The maximum atomic E-state index is 9.14. The van der Waals surface area contributed by atoms with Crippen molar-refractivity contribution < 1.29 is 5.11 Å². The van der Waals surface area contributed by atoms with E-state index >= 15 is 0 Å². The molecule has 0 fully saturated rings. The van der Waals surface area contributed by atoms with Crippen molar-refractivity contribution in [2.75, 3.05) is 0 Å². The van der Waals surface area contributed by atoms with Crippen molar-refractivity contribution in [2.24, 2.45) is 0 Å². The molecule has 0 amide bonds. The zero-order valence-electron chi connectivity index (χ0n) is 7.90. The Kier molecular flexibility index (Phi) is 2.50. The Labute approximate surface area is 86.9 Å². The van der Waals surface area contributed by atoms with Crippen molar-refractivity contribution in [3.05, 3.63) is 35.3 Å². The molecule has 1 aromatic carbocycles. The van der Waals surface area contributed by atoms with E-state index in [1.807, 2.05) is 12.1 Å². The van der Waals surface area contributed by atoms with E-state index in [2.05, 4.69) is 17.3 Å². The van der Waals surface area contributed by atoms with Crippen LogP contribution in [0.15, 0.2) is 29.6 Å². The van der Waals surface area contributed by atoms with Gasteiger partial charge in [0, 0.05) is 10.9 Å². The van der Waals surface area contributed by atoms with Crippen LogP contribution in [-0.2, 0) is 6.42 Å². The van der Waals surface area contributed by atoms with Crippen LogP contribution in [-0.4, -0.2) is 10.1 Å². The highest BCUT2D eigenvalue weighted by molar-refractivity contribution is 7.13. The quantitative estimate of drug-likeness (QED) is 0.817. The summed E-state index contributed by atoms with van der Waals surface area (Å²) in [4.78, 5) is 4.47. The van der Waals surface area contributed by atoms with Crippen LogP contribution in [0.2, 0.25) is 0 Å². The van der Waals surface area contributed by atoms with Crippen LogP contribution in [0.3, 0.4) is 0 Å². The Morgan fingerprint density at radius 2 is 2.00 bits per heavy atom. The number of benzene rings is 1. The van der Waals surface area contributed by atoms with E-state index in [0.29, 0.717) is 5.75 Å². The van der Waals surface area contributed by atoms with E-state index in [1.165, 1.54) is 0 Å². The van der Waals surface area contributed by atoms with Crippen LogP contribution >= 0.6 is 11.3 Å². The lowest BCUT2D eigenvalue weighted by Crippen LogP contribution is -1.79. The van der Waals surface area contributed by atoms with Gasteiger partial charge in [-0.25, -0.2) is 4.98 Å². The summed E-state index contributed by atoms with van der Waals surface area (Å²) >= 11 is 1.64. The number of nitrogens with zero attached hydrogens (tertiary/aromatic N) is 1. The first-order chi connectivity index (χ1) is 6.79. The molecule has 0 saturated carbocycles. The Hall–Kier alpha value is -1.35.